The van der Waals surface area contributed by atoms with Crippen LogP contribution in [0, 0.1) is 28.4 Å². The Kier molecular flexibility index (Phi) is 3.32. The van der Waals surface area contributed by atoms with Gasteiger partial charge in [0.15, 0.2) is 0 Å². The molecule has 1 aliphatic heterocycles. The predicted molar refractivity (Wildman–Crippen MR) is 69.1 cm³/mol. The summed E-state index contributed by atoms with van der Waals surface area (Å²) in [6.07, 6.45) is 5.41. The minimum Gasteiger partial charge on any atom is -0.501 e. The van der Waals surface area contributed by atoms with Gasteiger partial charge in [0.25, 0.3) is 0 Å². The zero-order valence-electron chi connectivity index (χ0n) is 9.67. The molecule has 0 spiro atoms. The molecule has 1 unspecified atom stereocenters. The second kappa shape index (κ2) is 4.78. The van der Waals surface area contributed by atoms with E-state index in [0.29, 0.717) is 0 Å². The van der Waals surface area contributed by atoms with Crippen LogP contribution in [0.4, 0.5) is 11.4 Å². The van der Waals surface area contributed by atoms with Gasteiger partial charge in [-0.3, -0.25) is 14.9 Å². The average Bonchev–Trinajstić information content (AvgIpc) is 2.72. The summed E-state index contributed by atoms with van der Waals surface area (Å²) in [5.74, 6) is 1.30. The van der Waals surface area contributed by atoms with Crippen molar-refractivity contribution in [3.05, 3.63) is 27.3 Å². The summed E-state index contributed by atoms with van der Waals surface area (Å²) >= 11 is 5.77. The molecular weight excluding hydrogens is 272 g/mol. The molecule has 1 aromatic rings. The lowest BCUT2D eigenvalue weighted by molar-refractivity contribution is -0.385. The van der Waals surface area contributed by atoms with Crippen LogP contribution in [0.1, 0.15) is 6.42 Å². The fourth-order valence-corrected chi connectivity index (χ4v) is 2.17. The van der Waals surface area contributed by atoms with Crippen molar-refractivity contribution < 1.29 is 14.8 Å². The quantitative estimate of drug-likeness (QED) is 0.510. The first-order valence-corrected chi connectivity index (χ1v) is 5.75. The number of phenolic OH excluding ortho intramolecular Hbond substituents is 1. The first-order chi connectivity index (χ1) is 8.93. The number of carbonyl (C=O) groups excluding carboxylic acids is 1. The molecule has 1 amide bonds. The van der Waals surface area contributed by atoms with Gasteiger partial charge in [0.2, 0.25) is 11.7 Å². The highest BCUT2D eigenvalue weighted by Gasteiger charge is 2.33. The van der Waals surface area contributed by atoms with Crippen molar-refractivity contribution in [2.24, 2.45) is 5.92 Å². The van der Waals surface area contributed by atoms with Crippen LogP contribution in [0.2, 0.25) is 5.02 Å². The van der Waals surface area contributed by atoms with Gasteiger partial charge < -0.3 is 10.0 Å². The fourth-order valence-electron chi connectivity index (χ4n) is 1.97. The zero-order chi connectivity index (χ0) is 14.2. The molecule has 1 saturated heterocycles. The maximum Gasteiger partial charge on any atom is 0.314 e. The second-order valence-corrected chi connectivity index (χ2v) is 4.56. The zero-order valence-corrected chi connectivity index (χ0v) is 10.4. The summed E-state index contributed by atoms with van der Waals surface area (Å²) in [6, 6.07) is 2.33. The fraction of sp³-hybridized carbons (Fsp3) is 0.250. The van der Waals surface area contributed by atoms with Gasteiger partial charge in [0, 0.05) is 30.0 Å². The molecule has 1 atom stereocenters. The lowest BCUT2D eigenvalue weighted by Gasteiger charge is -2.17. The molecule has 0 aromatic heterocycles. The van der Waals surface area contributed by atoms with E-state index in [1.54, 1.807) is 0 Å². The molecule has 98 valence electrons. The largest absolute Gasteiger partial charge is 0.501 e. The van der Waals surface area contributed by atoms with Crippen molar-refractivity contribution >= 4 is 28.9 Å². The minimum absolute atomic E-state index is 0.0157. The maximum atomic E-state index is 11.8. The van der Waals surface area contributed by atoms with E-state index in [4.69, 9.17) is 18.0 Å². The number of benzene rings is 1. The van der Waals surface area contributed by atoms with Crippen LogP contribution in [-0.2, 0) is 4.79 Å². The average molecular weight is 281 g/mol. The Morgan fingerprint density at radius 3 is 2.79 bits per heavy atom. The molecule has 6 nitrogen and oxygen atoms in total. The molecule has 0 radical (unpaired) electrons. The van der Waals surface area contributed by atoms with Crippen molar-refractivity contribution in [1.82, 2.24) is 0 Å². The van der Waals surface area contributed by atoms with Crippen LogP contribution in [0.25, 0.3) is 0 Å². The highest BCUT2D eigenvalue weighted by molar-refractivity contribution is 6.31. The number of anilines is 1. The van der Waals surface area contributed by atoms with Crippen LogP contribution in [-0.4, -0.2) is 22.5 Å². The topological polar surface area (TPSA) is 83.7 Å². The normalized spacial score (nSPS) is 18.4. The maximum absolute atomic E-state index is 11.8. The molecule has 1 heterocycles. The molecule has 0 bridgehead atoms. The van der Waals surface area contributed by atoms with Crippen molar-refractivity contribution in [1.29, 1.82) is 0 Å². The third-order valence-corrected chi connectivity index (χ3v) is 3.10. The van der Waals surface area contributed by atoms with Crippen LogP contribution in [0.5, 0.6) is 5.75 Å². The van der Waals surface area contributed by atoms with E-state index in [-0.39, 0.29) is 35.5 Å². The summed E-state index contributed by atoms with van der Waals surface area (Å²) in [5.41, 5.74) is -0.526. The van der Waals surface area contributed by atoms with E-state index in [1.165, 1.54) is 11.0 Å². The third-order valence-electron chi connectivity index (χ3n) is 2.88. The summed E-state index contributed by atoms with van der Waals surface area (Å²) < 4.78 is 0. The number of nitro groups is 1. The van der Waals surface area contributed by atoms with Gasteiger partial charge in [-0.05, 0) is 6.07 Å². The molecule has 1 fully saturated rings. The van der Waals surface area contributed by atoms with Gasteiger partial charge in [0.05, 0.1) is 10.6 Å². The number of halogens is 1. The Labute approximate surface area is 113 Å². The Bertz CT molecular complexity index is 608. The third kappa shape index (κ3) is 2.33. The first kappa shape index (κ1) is 13.2. The molecular formula is C12H9ClN2O4. The number of nitro benzene ring substituents is 1. The summed E-state index contributed by atoms with van der Waals surface area (Å²) in [5, 5.41) is 20.7. The van der Waals surface area contributed by atoms with Crippen molar-refractivity contribution in [2.45, 2.75) is 6.42 Å². The summed E-state index contributed by atoms with van der Waals surface area (Å²) in [6.45, 7) is 0.209. The smallest absolute Gasteiger partial charge is 0.314 e. The van der Waals surface area contributed by atoms with Crippen molar-refractivity contribution in [3.8, 4) is 18.1 Å². The van der Waals surface area contributed by atoms with Gasteiger partial charge in [-0.1, -0.05) is 11.6 Å². The number of hydrogen-bond donors (Lipinski definition) is 1. The molecule has 1 N–H and O–H groups in total. The van der Waals surface area contributed by atoms with Gasteiger partial charge in [-0.25, -0.2) is 0 Å². The van der Waals surface area contributed by atoms with Gasteiger partial charge in [0.1, 0.15) is 0 Å². The summed E-state index contributed by atoms with van der Waals surface area (Å²) in [4.78, 5) is 23.1. The van der Waals surface area contributed by atoms with Crippen LogP contribution < -0.4 is 4.90 Å². The Morgan fingerprint density at radius 1 is 1.58 bits per heavy atom. The Balaban J connectivity index is 2.49. The number of rotatable bonds is 2. The molecule has 0 saturated carbocycles. The number of nitrogens with zero attached hydrogens (tertiary/aromatic N) is 2. The number of aromatic hydroxyl groups is 1. The van der Waals surface area contributed by atoms with Gasteiger partial charge >= 0.3 is 5.69 Å². The molecule has 7 heteroatoms. The summed E-state index contributed by atoms with van der Waals surface area (Å²) in [7, 11) is 0. The van der Waals surface area contributed by atoms with Crippen LogP contribution >= 0.6 is 11.6 Å². The van der Waals surface area contributed by atoms with E-state index in [1.807, 2.05) is 0 Å². The van der Waals surface area contributed by atoms with E-state index >= 15 is 0 Å². The molecule has 1 aromatic carbocycles. The number of carbonyl (C=O) groups is 1. The monoisotopic (exact) mass is 280 g/mol. The molecule has 1 aliphatic rings. The first-order valence-electron chi connectivity index (χ1n) is 5.37. The Morgan fingerprint density at radius 2 is 2.26 bits per heavy atom. The predicted octanol–water partition coefficient (Wildman–Crippen LogP) is 1.94. The standard InChI is InChI=1S/C12H9ClN2O4/c1-2-7-3-11(16)14(6-7)9-4-8(13)5-10(12(9)17)15(18)19/h1,4-5,7,17H,3,6H2. The van der Waals surface area contributed by atoms with E-state index in [0.717, 1.165) is 6.07 Å². The molecule has 2 rings (SSSR count). The van der Waals surface area contributed by atoms with Crippen LogP contribution in [0.3, 0.4) is 0 Å². The van der Waals surface area contributed by atoms with Gasteiger partial charge in [-0.15, -0.1) is 12.3 Å². The van der Waals surface area contributed by atoms with E-state index < -0.39 is 16.4 Å². The Hall–Kier alpha value is -2.26. The highest BCUT2D eigenvalue weighted by atomic mass is 35.5. The van der Waals surface area contributed by atoms with Crippen molar-refractivity contribution in [3.63, 3.8) is 0 Å². The number of terminal acetylenes is 1. The van der Waals surface area contributed by atoms with Crippen LogP contribution in [0.15, 0.2) is 12.1 Å². The lowest BCUT2D eigenvalue weighted by atomic mass is 10.1. The number of phenols is 1. The molecule has 0 aliphatic carbocycles. The number of amides is 1. The molecule has 19 heavy (non-hydrogen) atoms. The minimum atomic E-state index is -0.760. The highest BCUT2D eigenvalue weighted by Crippen LogP contribution is 2.41. The van der Waals surface area contributed by atoms with E-state index in [2.05, 4.69) is 5.92 Å². The van der Waals surface area contributed by atoms with E-state index in [9.17, 15) is 20.0 Å². The SMILES string of the molecule is C#CC1CC(=O)N(c2cc(Cl)cc([N+](=O)[O-])c2O)C1. The number of hydrogen-bond acceptors (Lipinski definition) is 4. The van der Waals surface area contributed by atoms with Gasteiger partial charge in [-0.2, -0.15) is 0 Å². The van der Waals surface area contributed by atoms with Crippen molar-refractivity contribution in [2.75, 3.05) is 11.4 Å². The lowest BCUT2D eigenvalue weighted by Crippen LogP contribution is -2.24. The second-order valence-electron chi connectivity index (χ2n) is 4.12.